The largest absolute Gasteiger partial charge is 0.363 e. The number of hydrogen-bond acceptors (Lipinski definition) is 5. The maximum Gasteiger partial charge on any atom is 0.251 e. The number of nitrogens with zero attached hydrogens (tertiary/aromatic N) is 3. The number of amides is 1. The van der Waals surface area contributed by atoms with Crippen molar-refractivity contribution in [2.75, 3.05) is 24.3 Å². The molecule has 2 N–H and O–H groups in total. The Balaban J connectivity index is 1.50. The van der Waals surface area contributed by atoms with Crippen LogP contribution in [-0.2, 0) is 0 Å². The topological polar surface area (TPSA) is 70.2 Å². The van der Waals surface area contributed by atoms with Crippen LogP contribution in [0.4, 0.5) is 16.2 Å². The highest BCUT2D eigenvalue weighted by atomic mass is 19.1. The van der Waals surface area contributed by atoms with Gasteiger partial charge in [0, 0.05) is 37.9 Å². The van der Waals surface area contributed by atoms with Crippen LogP contribution >= 0.6 is 0 Å². The third kappa shape index (κ3) is 4.68. The maximum absolute atomic E-state index is 13.2. The second kappa shape index (κ2) is 8.12. The maximum atomic E-state index is 13.2. The quantitative estimate of drug-likeness (QED) is 0.861. The van der Waals surface area contributed by atoms with Crippen LogP contribution in [0.3, 0.4) is 0 Å². The van der Waals surface area contributed by atoms with Gasteiger partial charge in [-0.2, -0.15) is 4.98 Å². The summed E-state index contributed by atoms with van der Waals surface area (Å²) in [6.45, 7) is 0. The first-order valence-corrected chi connectivity index (χ1v) is 8.84. The fourth-order valence-electron chi connectivity index (χ4n) is 3.13. The number of benzene rings is 1. The molecule has 1 aromatic carbocycles. The van der Waals surface area contributed by atoms with Crippen LogP contribution in [0.1, 0.15) is 36.0 Å². The summed E-state index contributed by atoms with van der Waals surface area (Å²) in [6.07, 6.45) is 5.32. The third-order valence-electron chi connectivity index (χ3n) is 4.58. The molecule has 1 saturated carbocycles. The summed E-state index contributed by atoms with van der Waals surface area (Å²) in [5.41, 5.74) is 0.360. The average molecular weight is 357 g/mol. The molecular formula is C19H24FN5O. The van der Waals surface area contributed by atoms with Gasteiger partial charge in [0.05, 0.1) is 0 Å². The van der Waals surface area contributed by atoms with Crippen molar-refractivity contribution in [2.45, 2.75) is 37.8 Å². The summed E-state index contributed by atoms with van der Waals surface area (Å²) in [6, 6.07) is 8.03. The number of anilines is 2. The molecule has 1 heterocycles. The van der Waals surface area contributed by atoms with Gasteiger partial charge in [-0.15, -0.1) is 0 Å². The highest BCUT2D eigenvalue weighted by Crippen LogP contribution is 2.22. The van der Waals surface area contributed by atoms with E-state index in [1.165, 1.54) is 12.1 Å². The molecular weight excluding hydrogens is 333 g/mol. The predicted octanol–water partition coefficient (Wildman–Crippen LogP) is 2.83. The molecule has 0 spiro atoms. The molecule has 0 aliphatic heterocycles. The minimum absolute atomic E-state index is 0.109. The molecule has 0 atom stereocenters. The SMILES string of the molecule is CN(C)c1ccnc(N[C@H]2CC[C@@H](NC(=O)c3cccc(F)c3)CC2)n1. The average Bonchev–Trinajstić information content (AvgIpc) is 2.63. The molecule has 138 valence electrons. The van der Waals surface area contributed by atoms with Gasteiger partial charge in [-0.1, -0.05) is 6.07 Å². The Bertz CT molecular complexity index is 759. The third-order valence-corrected chi connectivity index (χ3v) is 4.58. The van der Waals surface area contributed by atoms with Gasteiger partial charge in [-0.05, 0) is 49.9 Å². The normalized spacial score (nSPS) is 19.7. The van der Waals surface area contributed by atoms with Gasteiger partial charge in [0.2, 0.25) is 5.95 Å². The summed E-state index contributed by atoms with van der Waals surface area (Å²) in [7, 11) is 3.89. The Labute approximate surface area is 152 Å². The molecule has 1 aromatic heterocycles. The van der Waals surface area contributed by atoms with Crippen molar-refractivity contribution in [1.29, 1.82) is 0 Å². The van der Waals surface area contributed by atoms with Gasteiger partial charge in [-0.25, -0.2) is 9.37 Å². The van der Waals surface area contributed by atoms with Gasteiger partial charge in [0.15, 0.2) is 0 Å². The summed E-state index contributed by atoms with van der Waals surface area (Å²) >= 11 is 0. The molecule has 1 fully saturated rings. The molecule has 7 heteroatoms. The lowest BCUT2D eigenvalue weighted by molar-refractivity contribution is 0.0926. The Kier molecular flexibility index (Phi) is 5.65. The highest BCUT2D eigenvalue weighted by molar-refractivity contribution is 5.94. The van der Waals surface area contributed by atoms with Crippen LogP contribution in [-0.4, -0.2) is 42.1 Å². The number of carbonyl (C=O) groups is 1. The predicted molar refractivity (Wildman–Crippen MR) is 99.9 cm³/mol. The zero-order valence-electron chi connectivity index (χ0n) is 15.1. The van der Waals surface area contributed by atoms with Crippen molar-refractivity contribution < 1.29 is 9.18 Å². The van der Waals surface area contributed by atoms with Crippen LogP contribution in [0.2, 0.25) is 0 Å². The molecule has 2 aromatic rings. The van der Waals surface area contributed by atoms with E-state index >= 15 is 0 Å². The zero-order chi connectivity index (χ0) is 18.5. The summed E-state index contributed by atoms with van der Waals surface area (Å²) < 4.78 is 13.2. The van der Waals surface area contributed by atoms with Gasteiger partial charge < -0.3 is 15.5 Å². The summed E-state index contributed by atoms with van der Waals surface area (Å²) in [4.78, 5) is 22.9. The first-order valence-electron chi connectivity index (χ1n) is 8.84. The van der Waals surface area contributed by atoms with E-state index in [0.29, 0.717) is 11.5 Å². The smallest absolute Gasteiger partial charge is 0.251 e. The molecule has 0 radical (unpaired) electrons. The lowest BCUT2D eigenvalue weighted by Crippen LogP contribution is -2.40. The standard InChI is InChI=1S/C19H24FN5O/c1-25(2)17-10-11-21-19(24-17)23-16-8-6-15(7-9-16)22-18(26)13-4-3-5-14(20)12-13/h3-5,10-12,15-16H,6-9H2,1-2H3,(H,22,26)(H,21,23,24)/t15-,16+. The molecule has 3 rings (SSSR count). The first kappa shape index (κ1) is 18.1. The molecule has 0 unspecified atom stereocenters. The number of halogens is 1. The molecule has 0 saturated heterocycles. The van der Waals surface area contributed by atoms with E-state index in [1.54, 1.807) is 18.3 Å². The van der Waals surface area contributed by atoms with E-state index in [0.717, 1.165) is 31.5 Å². The number of carbonyl (C=O) groups excluding carboxylic acids is 1. The van der Waals surface area contributed by atoms with E-state index in [2.05, 4.69) is 20.6 Å². The van der Waals surface area contributed by atoms with Gasteiger partial charge in [0.25, 0.3) is 5.91 Å². The van der Waals surface area contributed by atoms with Gasteiger partial charge in [0.1, 0.15) is 11.6 Å². The van der Waals surface area contributed by atoms with Crippen LogP contribution in [0.15, 0.2) is 36.5 Å². The Morgan fingerprint density at radius 1 is 1.15 bits per heavy atom. The zero-order valence-corrected chi connectivity index (χ0v) is 15.1. The van der Waals surface area contributed by atoms with Crippen molar-refractivity contribution in [3.8, 4) is 0 Å². The Hall–Kier alpha value is -2.70. The second-order valence-electron chi connectivity index (χ2n) is 6.81. The van der Waals surface area contributed by atoms with Crippen LogP contribution in [0.5, 0.6) is 0 Å². The lowest BCUT2D eigenvalue weighted by atomic mass is 9.91. The van der Waals surface area contributed by atoms with Crippen LogP contribution < -0.4 is 15.5 Å². The molecule has 1 amide bonds. The van der Waals surface area contributed by atoms with E-state index < -0.39 is 5.82 Å². The van der Waals surface area contributed by atoms with Crippen molar-refractivity contribution >= 4 is 17.7 Å². The van der Waals surface area contributed by atoms with E-state index in [9.17, 15) is 9.18 Å². The minimum Gasteiger partial charge on any atom is -0.363 e. The lowest BCUT2D eigenvalue weighted by Gasteiger charge is -2.29. The second-order valence-corrected chi connectivity index (χ2v) is 6.81. The van der Waals surface area contributed by atoms with E-state index in [1.807, 2.05) is 25.1 Å². The van der Waals surface area contributed by atoms with Gasteiger partial charge in [-0.3, -0.25) is 4.79 Å². The van der Waals surface area contributed by atoms with Crippen LogP contribution in [0.25, 0.3) is 0 Å². The van der Waals surface area contributed by atoms with E-state index in [4.69, 9.17) is 0 Å². The number of rotatable bonds is 5. The number of aromatic nitrogens is 2. The van der Waals surface area contributed by atoms with Crippen LogP contribution in [0, 0.1) is 5.82 Å². The Morgan fingerprint density at radius 2 is 1.88 bits per heavy atom. The molecule has 1 aliphatic carbocycles. The number of nitrogens with one attached hydrogen (secondary N) is 2. The van der Waals surface area contributed by atoms with Crippen molar-refractivity contribution in [1.82, 2.24) is 15.3 Å². The van der Waals surface area contributed by atoms with E-state index in [-0.39, 0.29) is 18.0 Å². The monoisotopic (exact) mass is 357 g/mol. The van der Waals surface area contributed by atoms with Crippen molar-refractivity contribution in [3.05, 3.63) is 47.9 Å². The Morgan fingerprint density at radius 3 is 2.58 bits per heavy atom. The summed E-state index contributed by atoms with van der Waals surface area (Å²) in [5, 5.41) is 6.38. The van der Waals surface area contributed by atoms with Crippen molar-refractivity contribution in [2.24, 2.45) is 0 Å². The number of hydrogen-bond donors (Lipinski definition) is 2. The minimum atomic E-state index is -0.398. The fraction of sp³-hybridized carbons (Fsp3) is 0.421. The first-order chi connectivity index (χ1) is 12.5. The highest BCUT2D eigenvalue weighted by Gasteiger charge is 2.23. The fourth-order valence-corrected chi connectivity index (χ4v) is 3.13. The summed E-state index contributed by atoms with van der Waals surface area (Å²) in [5.74, 6) is 0.871. The van der Waals surface area contributed by atoms with Crippen molar-refractivity contribution in [3.63, 3.8) is 0 Å². The molecule has 1 aliphatic rings. The van der Waals surface area contributed by atoms with Gasteiger partial charge >= 0.3 is 0 Å². The molecule has 6 nitrogen and oxygen atoms in total. The molecule has 0 bridgehead atoms. The molecule has 26 heavy (non-hydrogen) atoms.